The average Bonchev–Trinajstić information content (AvgIpc) is 3.00. The van der Waals surface area contributed by atoms with Crippen molar-refractivity contribution in [2.45, 2.75) is 38.2 Å². The third kappa shape index (κ3) is 1.17. The zero-order valence-electron chi connectivity index (χ0n) is 8.49. The number of aliphatic hydroxyl groups is 1. The van der Waals surface area contributed by atoms with E-state index < -0.39 is 5.60 Å². The van der Waals surface area contributed by atoms with Crippen molar-refractivity contribution >= 4 is 11.3 Å². The van der Waals surface area contributed by atoms with Gasteiger partial charge in [0, 0.05) is 4.88 Å². The molecular weight excluding hydrogens is 192 g/mol. The van der Waals surface area contributed by atoms with Crippen LogP contribution in [0.25, 0.3) is 0 Å². The first-order valence-corrected chi connectivity index (χ1v) is 6.38. The molecule has 2 aliphatic rings. The fraction of sp³-hybridized carbons (Fsp3) is 0.667. The van der Waals surface area contributed by atoms with E-state index in [1.807, 2.05) is 0 Å². The highest BCUT2D eigenvalue weighted by Crippen LogP contribution is 2.58. The molecular formula is C12H16OS. The summed E-state index contributed by atoms with van der Waals surface area (Å²) >= 11 is 1.74. The van der Waals surface area contributed by atoms with Crippen molar-refractivity contribution in [3.05, 3.63) is 21.9 Å². The van der Waals surface area contributed by atoms with Crippen LogP contribution in [-0.4, -0.2) is 5.11 Å². The van der Waals surface area contributed by atoms with Crippen molar-refractivity contribution in [3.8, 4) is 0 Å². The van der Waals surface area contributed by atoms with E-state index in [0.717, 1.165) is 0 Å². The zero-order chi connectivity index (χ0) is 9.76. The molecule has 0 radical (unpaired) electrons. The summed E-state index contributed by atoms with van der Waals surface area (Å²) in [6.45, 7) is 2.13. The second-order valence-electron chi connectivity index (χ2n) is 4.81. The van der Waals surface area contributed by atoms with E-state index in [1.165, 1.54) is 36.1 Å². The largest absolute Gasteiger partial charge is 0.384 e. The Morgan fingerprint density at radius 2 is 1.86 bits per heavy atom. The summed E-state index contributed by atoms with van der Waals surface area (Å²) in [5.74, 6) is 1.12. The molecule has 2 fully saturated rings. The Kier molecular flexibility index (Phi) is 1.80. The highest BCUT2D eigenvalue weighted by Gasteiger charge is 2.55. The van der Waals surface area contributed by atoms with Crippen LogP contribution in [0, 0.1) is 18.8 Å². The maximum absolute atomic E-state index is 10.8. The molecule has 1 aromatic rings. The van der Waals surface area contributed by atoms with Gasteiger partial charge in [0.05, 0.1) is 0 Å². The molecule has 0 saturated heterocycles. The summed E-state index contributed by atoms with van der Waals surface area (Å²) in [6, 6.07) is 2.13. The summed E-state index contributed by atoms with van der Waals surface area (Å²) < 4.78 is 0. The monoisotopic (exact) mass is 208 g/mol. The minimum absolute atomic E-state index is 0.446. The summed E-state index contributed by atoms with van der Waals surface area (Å²) in [5.41, 5.74) is 0.842. The van der Waals surface area contributed by atoms with Crippen LogP contribution in [0.2, 0.25) is 0 Å². The lowest BCUT2D eigenvalue weighted by Crippen LogP contribution is -2.30. The molecule has 2 aliphatic carbocycles. The van der Waals surface area contributed by atoms with E-state index in [2.05, 4.69) is 18.4 Å². The number of aryl methyl sites for hydroxylation is 1. The van der Waals surface area contributed by atoms with E-state index in [9.17, 15) is 5.11 Å². The van der Waals surface area contributed by atoms with Crippen molar-refractivity contribution in [2.75, 3.05) is 0 Å². The van der Waals surface area contributed by atoms with E-state index in [-0.39, 0.29) is 0 Å². The van der Waals surface area contributed by atoms with Gasteiger partial charge in [-0.05, 0) is 61.5 Å². The number of rotatable bonds is 3. The Labute approximate surface area is 88.8 Å². The molecule has 0 bridgehead atoms. The molecule has 2 heteroatoms. The second kappa shape index (κ2) is 2.83. The van der Waals surface area contributed by atoms with Gasteiger partial charge in [-0.2, -0.15) is 0 Å². The van der Waals surface area contributed by atoms with Gasteiger partial charge in [-0.3, -0.25) is 0 Å². The minimum Gasteiger partial charge on any atom is -0.384 e. The normalized spacial score (nSPS) is 22.7. The molecule has 0 atom stereocenters. The molecule has 3 rings (SSSR count). The smallest absolute Gasteiger partial charge is 0.105 e. The van der Waals surface area contributed by atoms with Crippen LogP contribution in [0.15, 0.2) is 11.4 Å². The van der Waals surface area contributed by atoms with Gasteiger partial charge in [-0.15, -0.1) is 11.3 Å². The van der Waals surface area contributed by atoms with Gasteiger partial charge >= 0.3 is 0 Å². The van der Waals surface area contributed by atoms with Crippen LogP contribution >= 0.6 is 11.3 Å². The third-order valence-corrected chi connectivity index (χ3v) is 4.78. The van der Waals surface area contributed by atoms with Crippen LogP contribution in [0.3, 0.4) is 0 Å². The highest BCUT2D eigenvalue weighted by atomic mass is 32.1. The summed E-state index contributed by atoms with van der Waals surface area (Å²) in [4.78, 5) is 1.25. The molecule has 0 spiro atoms. The molecule has 0 aliphatic heterocycles. The molecule has 1 nitrogen and oxygen atoms in total. The minimum atomic E-state index is -0.446. The lowest BCUT2D eigenvalue weighted by Gasteiger charge is -2.28. The lowest BCUT2D eigenvalue weighted by atomic mass is 9.88. The van der Waals surface area contributed by atoms with E-state index >= 15 is 0 Å². The number of thiophene rings is 1. The van der Waals surface area contributed by atoms with Crippen LogP contribution < -0.4 is 0 Å². The van der Waals surface area contributed by atoms with Gasteiger partial charge in [0.1, 0.15) is 5.60 Å². The van der Waals surface area contributed by atoms with Gasteiger partial charge in [0.2, 0.25) is 0 Å². The van der Waals surface area contributed by atoms with Crippen LogP contribution in [0.5, 0.6) is 0 Å². The summed E-state index contributed by atoms with van der Waals surface area (Å²) in [7, 11) is 0. The van der Waals surface area contributed by atoms with Gasteiger partial charge < -0.3 is 5.11 Å². The van der Waals surface area contributed by atoms with Crippen LogP contribution in [-0.2, 0) is 5.60 Å². The van der Waals surface area contributed by atoms with Crippen molar-refractivity contribution < 1.29 is 5.11 Å². The Hall–Kier alpha value is -0.340. The van der Waals surface area contributed by atoms with E-state index in [0.29, 0.717) is 11.8 Å². The third-order valence-electron chi connectivity index (χ3n) is 3.63. The summed E-state index contributed by atoms with van der Waals surface area (Å²) in [6.07, 6.45) is 4.91. The van der Waals surface area contributed by atoms with Crippen molar-refractivity contribution in [3.63, 3.8) is 0 Å². The maximum atomic E-state index is 10.8. The Bertz CT molecular complexity index is 335. The molecule has 0 aromatic carbocycles. The highest BCUT2D eigenvalue weighted by molar-refractivity contribution is 7.10. The van der Waals surface area contributed by atoms with Gasteiger partial charge in [-0.1, -0.05) is 0 Å². The molecule has 1 heterocycles. The van der Waals surface area contributed by atoms with Crippen molar-refractivity contribution in [1.82, 2.24) is 0 Å². The van der Waals surface area contributed by atoms with Crippen molar-refractivity contribution in [1.29, 1.82) is 0 Å². The number of hydrogen-bond acceptors (Lipinski definition) is 2. The Morgan fingerprint density at radius 3 is 2.21 bits per heavy atom. The first-order chi connectivity index (χ1) is 6.73. The topological polar surface area (TPSA) is 20.2 Å². The van der Waals surface area contributed by atoms with Crippen LogP contribution in [0.4, 0.5) is 0 Å². The summed E-state index contributed by atoms with van der Waals surface area (Å²) in [5, 5.41) is 13.0. The maximum Gasteiger partial charge on any atom is 0.105 e. The zero-order valence-corrected chi connectivity index (χ0v) is 9.31. The lowest BCUT2D eigenvalue weighted by molar-refractivity contribution is -0.00713. The van der Waals surface area contributed by atoms with Gasteiger partial charge in [0.15, 0.2) is 0 Å². The standard InChI is InChI=1S/C12H16OS/c1-8-6-7-14-11(8)12(13,9-2-3-9)10-4-5-10/h6-7,9-10,13H,2-5H2,1H3. The second-order valence-corrected chi connectivity index (χ2v) is 5.72. The molecule has 2 saturated carbocycles. The molecule has 0 amide bonds. The van der Waals surface area contributed by atoms with E-state index in [4.69, 9.17) is 0 Å². The van der Waals surface area contributed by atoms with Crippen molar-refractivity contribution in [2.24, 2.45) is 11.8 Å². The van der Waals surface area contributed by atoms with Gasteiger partial charge in [-0.25, -0.2) is 0 Å². The Balaban J connectivity index is 2.02. The van der Waals surface area contributed by atoms with E-state index in [1.54, 1.807) is 11.3 Å². The molecule has 0 unspecified atom stereocenters. The predicted molar refractivity (Wildman–Crippen MR) is 58.4 cm³/mol. The SMILES string of the molecule is Cc1ccsc1C(O)(C1CC1)C1CC1. The quantitative estimate of drug-likeness (QED) is 0.809. The number of hydrogen-bond donors (Lipinski definition) is 1. The van der Waals surface area contributed by atoms with Crippen LogP contribution in [0.1, 0.15) is 36.1 Å². The fourth-order valence-electron chi connectivity index (χ4n) is 2.53. The molecule has 1 N–H and O–H groups in total. The average molecular weight is 208 g/mol. The van der Waals surface area contributed by atoms with Gasteiger partial charge in [0.25, 0.3) is 0 Å². The molecule has 1 aromatic heterocycles. The Morgan fingerprint density at radius 1 is 1.29 bits per heavy atom. The fourth-order valence-corrected chi connectivity index (χ4v) is 3.72. The molecule has 14 heavy (non-hydrogen) atoms. The first-order valence-electron chi connectivity index (χ1n) is 5.50. The predicted octanol–water partition coefficient (Wildman–Crippen LogP) is 3.06. The first kappa shape index (κ1) is 8.93. The molecule has 76 valence electrons.